The highest BCUT2D eigenvalue weighted by Crippen LogP contribution is 2.40. The molecule has 0 fully saturated rings. The molecule has 8 nitrogen and oxygen atoms in total. The fourth-order valence-corrected chi connectivity index (χ4v) is 2.51. The summed E-state index contributed by atoms with van der Waals surface area (Å²) < 4.78 is 10.3. The van der Waals surface area contributed by atoms with E-state index in [4.69, 9.17) is 15.2 Å². The zero-order chi connectivity index (χ0) is 18.6. The smallest absolute Gasteiger partial charge is 0.338 e. The van der Waals surface area contributed by atoms with E-state index in [1.54, 1.807) is 6.07 Å². The summed E-state index contributed by atoms with van der Waals surface area (Å²) in [6.07, 6.45) is 1.40. The monoisotopic (exact) mass is 341 g/mol. The number of rotatable bonds is 5. The lowest BCUT2D eigenvalue weighted by molar-refractivity contribution is -0.384. The quantitative estimate of drug-likeness (QED) is 0.377. The summed E-state index contributed by atoms with van der Waals surface area (Å²) in [6.45, 7) is 4.95. The van der Waals surface area contributed by atoms with Crippen LogP contribution in [0.5, 0.6) is 0 Å². The summed E-state index contributed by atoms with van der Waals surface area (Å²) in [5, 5.41) is 20.5. The van der Waals surface area contributed by atoms with Gasteiger partial charge in [-0.25, -0.2) is 4.79 Å². The molecular weight excluding hydrogens is 326 g/mol. The highest BCUT2D eigenvalue weighted by atomic mass is 16.6. The molecule has 1 aliphatic heterocycles. The number of allylic oxidation sites excluding steroid dienone is 2. The van der Waals surface area contributed by atoms with E-state index >= 15 is 0 Å². The van der Waals surface area contributed by atoms with E-state index in [2.05, 4.69) is 6.58 Å². The van der Waals surface area contributed by atoms with Crippen molar-refractivity contribution in [2.24, 2.45) is 5.73 Å². The molecule has 1 aromatic rings. The minimum absolute atomic E-state index is 0.0170. The molecule has 0 unspecified atom stereocenters. The fourth-order valence-electron chi connectivity index (χ4n) is 2.51. The molecule has 2 rings (SSSR count). The maximum Gasteiger partial charge on any atom is 0.338 e. The summed E-state index contributed by atoms with van der Waals surface area (Å²) in [6, 6.07) is 7.55. The minimum atomic E-state index is -0.920. The third-order valence-electron chi connectivity index (χ3n) is 3.57. The van der Waals surface area contributed by atoms with Gasteiger partial charge in [-0.1, -0.05) is 24.8 Å². The number of hydrogen-bond donors (Lipinski definition) is 1. The van der Waals surface area contributed by atoms with Gasteiger partial charge in [-0.3, -0.25) is 10.1 Å². The van der Waals surface area contributed by atoms with Gasteiger partial charge in [-0.05, 0) is 12.5 Å². The number of nitriles is 1. The van der Waals surface area contributed by atoms with Crippen LogP contribution in [-0.2, 0) is 14.3 Å². The molecule has 8 heteroatoms. The lowest BCUT2D eigenvalue weighted by Gasteiger charge is -2.26. The lowest BCUT2D eigenvalue weighted by Crippen LogP contribution is -2.25. The summed E-state index contributed by atoms with van der Waals surface area (Å²) >= 11 is 0. The highest BCUT2D eigenvalue weighted by molar-refractivity contribution is 5.92. The molecule has 0 saturated carbocycles. The van der Waals surface area contributed by atoms with Gasteiger partial charge in [0.05, 0.1) is 16.4 Å². The Morgan fingerprint density at radius 1 is 1.60 bits per heavy atom. The second kappa shape index (κ2) is 7.31. The molecule has 0 aliphatic carbocycles. The summed E-state index contributed by atoms with van der Waals surface area (Å²) in [5.74, 6) is -1.62. The van der Waals surface area contributed by atoms with Gasteiger partial charge in [0, 0.05) is 12.1 Å². The van der Waals surface area contributed by atoms with E-state index in [1.165, 1.54) is 31.2 Å². The summed E-state index contributed by atoms with van der Waals surface area (Å²) in [5.41, 5.74) is 6.01. The summed E-state index contributed by atoms with van der Waals surface area (Å²) in [7, 11) is 0. The SMILES string of the molecule is C=CCOC(=O)C1=C(C)OC(N)=C(C#N)[C@@H]1c1cccc([N+](=O)[O-])c1. The van der Waals surface area contributed by atoms with Gasteiger partial charge >= 0.3 is 5.97 Å². The van der Waals surface area contributed by atoms with Crippen LogP contribution in [0.1, 0.15) is 18.4 Å². The maximum absolute atomic E-state index is 12.4. The predicted molar refractivity (Wildman–Crippen MR) is 87.6 cm³/mol. The molecule has 0 bridgehead atoms. The second-order valence-corrected chi connectivity index (χ2v) is 5.13. The average molecular weight is 341 g/mol. The Bertz CT molecular complexity index is 848. The van der Waals surface area contributed by atoms with Crippen molar-refractivity contribution in [1.82, 2.24) is 0 Å². The lowest BCUT2D eigenvalue weighted by atomic mass is 9.83. The third kappa shape index (κ3) is 3.50. The number of nitro groups is 1. The molecule has 1 heterocycles. The molecule has 0 spiro atoms. The van der Waals surface area contributed by atoms with Crippen LogP contribution in [0.15, 0.2) is 59.7 Å². The zero-order valence-electron chi connectivity index (χ0n) is 13.4. The van der Waals surface area contributed by atoms with Gasteiger partial charge in [-0.2, -0.15) is 5.26 Å². The van der Waals surface area contributed by atoms with Crippen LogP contribution in [0.3, 0.4) is 0 Å². The van der Waals surface area contributed by atoms with Crippen molar-refractivity contribution in [1.29, 1.82) is 5.26 Å². The van der Waals surface area contributed by atoms with E-state index in [9.17, 15) is 20.2 Å². The van der Waals surface area contributed by atoms with Crippen LogP contribution in [0.4, 0.5) is 5.69 Å². The van der Waals surface area contributed by atoms with E-state index < -0.39 is 16.8 Å². The number of esters is 1. The number of nitrogens with two attached hydrogens (primary N) is 1. The first-order valence-electron chi connectivity index (χ1n) is 7.21. The number of carbonyl (C=O) groups is 1. The van der Waals surface area contributed by atoms with E-state index in [0.717, 1.165) is 0 Å². The van der Waals surface area contributed by atoms with E-state index in [0.29, 0.717) is 5.56 Å². The normalized spacial score (nSPS) is 16.7. The van der Waals surface area contributed by atoms with Crippen molar-refractivity contribution in [3.8, 4) is 6.07 Å². The Labute approximate surface area is 143 Å². The molecule has 128 valence electrons. The zero-order valence-corrected chi connectivity index (χ0v) is 13.4. The molecule has 0 saturated heterocycles. The van der Waals surface area contributed by atoms with Crippen LogP contribution in [0.2, 0.25) is 0 Å². The van der Waals surface area contributed by atoms with Crippen molar-refractivity contribution in [3.05, 3.63) is 75.4 Å². The van der Waals surface area contributed by atoms with Crippen LogP contribution >= 0.6 is 0 Å². The molecule has 1 aliphatic rings. The Kier molecular flexibility index (Phi) is 5.19. The molecule has 1 atom stereocenters. The van der Waals surface area contributed by atoms with Gasteiger partial charge < -0.3 is 15.2 Å². The molecule has 1 aromatic carbocycles. The summed E-state index contributed by atoms with van der Waals surface area (Å²) in [4.78, 5) is 22.9. The van der Waals surface area contributed by atoms with Crippen LogP contribution in [-0.4, -0.2) is 17.5 Å². The van der Waals surface area contributed by atoms with Crippen LogP contribution in [0, 0.1) is 21.4 Å². The first kappa shape index (κ1) is 17.7. The molecule has 25 heavy (non-hydrogen) atoms. The molecule has 0 amide bonds. The number of nitrogens with zero attached hydrogens (tertiary/aromatic N) is 2. The first-order chi connectivity index (χ1) is 11.9. The largest absolute Gasteiger partial charge is 0.458 e. The molecular formula is C17H15N3O5. The van der Waals surface area contributed by atoms with Crippen molar-refractivity contribution in [2.45, 2.75) is 12.8 Å². The number of carbonyl (C=O) groups excluding carboxylic acids is 1. The number of nitro benzene ring substituents is 1. The number of non-ortho nitro benzene ring substituents is 1. The third-order valence-corrected chi connectivity index (χ3v) is 3.57. The van der Waals surface area contributed by atoms with E-state index in [1.807, 2.05) is 6.07 Å². The van der Waals surface area contributed by atoms with Crippen molar-refractivity contribution >= 4 is 11.7 Å². The van der Waals surface area contributed by atoms with E-state index in [-0.39, 0.29) is 35.1 Å². The topological polar surface area (TPSA) is 128 Å². The standard InChI is InChI=1S/C17H15N3O5/c1-3-7-24-17(21)14-10(2)25-16(19)13(9-18)15(14)11-5-4-6-12(8-11)20(22)23/h3-6,8,15H,1,7,19H2,2H3/t15-/m0/s1. The van der Waals surface area contributed by atoms with Crippen LogP contribution < -0.4 is 5.73 Å². The van der Waals surface area contributed by atoms with Crippen LogP contribution in [0.25, 0.3) is 0 Å². The Hall–Kier alpha value is -3.60. The number of ether oxygens (including phenoxy) is 2. The Morgan fingerprint density at radius 3 is 2.92 bits per heavy atom. The number of hydrogen-bond acceptors (Lipinski definition) is 7. The maximum atomic E-state index is 12.4. The van der Waals surface area contributed by atoms with Gasteiger partial charge in [0.15, 0.2) is 0 Å². The average Bonchev–Trinajstić information content (AvgIpc) is 2.59. The Balaban J connectivity index is 2.61. The van der Waals surface area contributed by atoms with Gasteiger partial charge in [0.2, 0.25) is 5.88 Å². The van der Waals surface area contributed by atoms with Gasteiger partial charge in [0.25, 0.3) is 5.69 Å². The molecule has 2 N–H and O–H groups in total. The molecule has 0 aromatic heterocycles. The second-order valence-electron chi connectivity index (χ2n) is 5.13. The first-order valence-corrected chi connectivity index (χ1v) is 7.21. The van der Waals surface area contributed by atoms with Crippen molar-refractivity contribution in [3.63, 3.8) is 0 Å². The highest BCUT2D eigenvalue weighted by Gasteiger charge is 2.36. The fraction of sp³-hybridized carbons (Fsp3) is 0.176. The van der Waals surface area contributed by atoms with Crippen molar-refractivity contribution in [2.75, 3.05) is 6.61 Å². The van der Waals surface area contributed by atoms with Crippen molar-refractivity contribution < 1.29 is 19.2 Å². The minimum Gasteiger partial charge on any atom is -0.458 e. The van der Waals surface area contributed by atoms with Gasteiger partial charge in [0.1, 0.15) is 24.0 Å². The number of benzene rings is 1. The Morgan fingerprint density at radius 2 is 2.32 bits per heavy atom. The predicted octanol–water partition coefficient (Wildman–Crippen LogP) is 2.41. The van der Waals surface area contributed by atoms with Gasteiger partial charge in [-0.15, -0.1) is 0 Å². The molecule has 0 radical (unpaired) electrons.